The quantitative estimate of drug-likeness (QED) is 0.686. The number of amides is 1. The average Bonchev–Trinajstić information content (AvgIpc) is 3.05. The number of carboxylic acid groups (broad SMARTS) is 1. The summed E-state index contributed by atoms with van der Waals surface area (Å²) in [4.78, 5) is 23.4. The molecule has 3 rings (SSSR count). The Hall–Kier alpha value is -3.48. The van der Waals surface area contributed by atoms with Crippen molar-refractivity contribution in [2.45, 2.75) is 0 Å². The molecule has 0 unspecified atom stereocenters. The smallest absolute Gasteiger partial charge is 0.335 e. The number of hydrogen-bond acceptors (Lipinski definition) is 3. The molecule has 6 nitrogen and oxygen atoms in total. The van der Waals surface area contributed by atoms with Gasteiger partial charge in [0.2, 0.25) is 0 Å². The maximum absolute atomic E-state index is 13.0. The maximum atomic E-state index is 13.0. The number of carboxylic acids is 1. The summed E-state index contributed by atoms with van der Waals surface area (Å²) < 4.78 is 13.0. The van der Waals surface area contributed by atoms with E-state index < -0.39 is 11.9 Å². The number of H-pyrrole nitrogens is 1. The molecule has 24 heavy (non-hydrogen) atoms. The second-order valence-corrected chi connectivity index (χ2v) is 5.01. The lowest BCUT2D eigenvalue weighted by molar-refractivity contribution is 0.0696. The Kier molecular flexibility index (Phi) is 4.07. The maximum Gasteiger partial charge on any atom is 0.335 e. The van der Waals surface area contributed by atoms with Crippen molar-refractivity contribution < 1.29 is 19.1 Å². The summed E-state index contributed by atoms with van der Waals surface area (Å²) in [5.74, 6) is -1.92. The molecule has 1 heterocycles. The molecular formula is C17H12FN3O3. The fourth-order valence-corrected chi connectivity index (χ4v) is 2.22. The van der Waals surface area contributed by atoms with E-state index in [9.17, 15) is 14.0 Å². The molecule has 3 N–H and O–H groups in total. The van der Waals surface area contributed by atoms with Gasteiger partial charge in [-0.15, -0.1) is 0 Å². The summed E-state index contributed by atoms with van der Waals surface area (Å²) in [5, 5.41) is 18.2. The van der Waals surface area contributed by atoms with Crippen LogP contribution in [0.3, 0.4) is 0 Å². The van der Waals surface area contributed by atoms with E-state index in [4.69, 9.17) is 5.11 Å². The number of aromatic carboxylic acids is 1. The highest BCUT2D eigenvalue weighted by molar-refractivity contribution is 6.08. The largest absolute Gasteiger partial charge is 0.478 e. The van der Waals surface area contributed by atoms with E-state index in [0.717, 1.165) is 0 Å². The van der Waals surface area contributed by atoms with Gasteiger partial charge in [-0.2, -0.15) is 5.10 Å². The Morgan fingerprint density at radius 2 is 1.88 bits per heavy atom. The lowest BCUT2D eigenvalue weighted by atomic mass is 10.1. The number of rotatable bonds is 4. The number of hydrogen-bond donors (Lipinski definition) is 3. The number of carbonyl (C=O) groups excluding carboxylic acids is 1. The van der Waals surface area contributed by atoms with Gasteiger partial charge in [0.25, 0.3) is 5.91 Å². The average molecular weight is 325 g/mol. The molecule has 1 amide bonds. The van der Waals surface area contributed by atoms with E-state index in [1.807, 2.05) is 0 Å². The Bertz CT molecular complexity index is 903. The number of nitrogens with one attached hydrogen (secondary N) is 2. The normalized spacial score (nSPS) is 10.4. The van der Waals surface area contributed by atoms with Crippen LogP contribution < -0.4 is 5.32 Å². The molecule has 0 saturated carbocycles. The van der Waals surface area contributed by atoms with E-state index in [0.29, 0.717) is 16.9 Å². The molecule has 0 bridgehead atoms. The van der Waals surface area contributed by atoms with E-state index in [1.165, 1.54) is 48.7 Å². The fourth-order valence-electron chi connectivity index (χ4n) is 2.22. The van der Waals surface area contributed by atoms with Crippen LogP contribution in [0.4, 0.5) is 10.1 Å². The van der Waals surface area contributed by atoms with Gasteiger partial charge in [0.1, 0.15) is 5.82 Å². The van der Waals surface area contributed by atoms with Gasteiger partial charge in [-0.3, -0.25) is 9.89 Å². The molecule has 0 saturated heterocycles. The van der Waals surface area contributed by atoms with Gasteiger partial charge in [-0.25, -0.2) is 9.18 Å². The molecule has 7 heteroatoms. The number of benzene rings is 2. The van der Waals surface area contributed by atoms with Gasteiger partial charge in [-0.1, -0.05) is 6.07 Å². The minimum Gasteiger partial charge on any atom is -0.478 e. The van der Waals surface area contributed by atoms with Crippen LogP contribution in [0.5, 0.6) is 0 Å². The van der Waals surface area contributed by atoms with Gasteiger partial charge in [0.15, 0.2) is 0 Å². The second-order valence-electron chi connectivity index (χ2n) is 5.01. The molecule has 0 spiro atoms. The van der Waals surface area contributed by atoms with Gasteiger partial charge < -0.3 is 10.4 Å². The number of halogens is 1. The third-order valence-corrected chi connectivity index (χ3v) is 3.38. The Labute approximate surface area is 136 Å². The highest BCUT2D eigenvalue weighted by atomic mass is 19.1. The zero-order chi connectivity index (χ0) is 17.1. The van der Waals surface area contributed by atoms with Crippen LogP contribution in [0.25, 0.3) is 11.3 Å². The van der Waals surface area contributed by atoms with Crippen molar-refractivity contribution >= 4 is 17.6 Å². The summed E-state index contributed by atoms with van der Waals surface area (Å²) >= 11 is 0. The molecule has 0 aliphatic carbocycles. The van der Waals surface area contributed by atoms with Crippen molar-refractivity contribution in [2.75, 3.05) is 5.32 Å². The number of carbonyl (C=O) groups is 2. The molecule has 120 valence electrons. The van der Waals surface area contributed by atoms with Crippen molar-refractivity contribution in [3.63, 3.8) is 0 Å². The molecule has 2 aromatic carbocycles. The zero-order valence-electron chi connectivity index (χ0n) is 12.3. The van der Waals surface area contributed by atoms with Crippen LogP contribution in [0.15, 0.2) is 54.7 Å². The first kappa shape index (κ1) is 15.4. The molecule has 0 fully saturated rings. The molecular weight excluding hydrogens is 313 g/mol. The lowest BCUT2D eigenvalue weighted by Gasteiger charge is -2.07. The zero-order valence-corrected chi connectivity index (χ0v) is 12.3. The molecule has 0 atom stereocenters. The summed E-state index contributed by atoms with van der Waals surface area (Å²) in [6, 6.07) is 11.5. The topological polar surface area (TPSA) is 95.1 Å². The minimum atomic E-state index is -1.08. The SMILES string of the molecule is O=C(O)c1cccc(NC(=O)c2cn[nH]c2-c2ccc(F)cc2)c1. The van der Waals surface area contributed by atoms with Crippen molar-refractivity contribution in [3.05, 3.63) is 71.7 Å². The standard InChI is InChI=1S/C17H12FN3O3/c18-12-6-4-10(5-7-12)15-14(9-19-21-15)16(22)20-13-3-1-2-11(8-13)17(23)24/h1-9H,(H,19,21)(H,20,22)(H,23,24). The van der Waals surface area contributed by atoms with Crippen LogP contribution in [0.2, 0.25) is 0 Å². The monoisotopic (exact) mass is 325 g/mol. The van der Waals surface area contributed by atoms with Crippen LogP contribution in [0.1, 0.15) is 20.7 Å². The van der Waals surface area contributed by atoms with Gasteiger partial charge in [-0.05, 0) is 42.5 Å². The Morgan fingerprint density at radius 1 is 1.12 bits per heavy atom. The fraction of sp³-hybridized carbons (Fsp3) is 0. The van der Waals surface area contributed by atoms with Crippen molar-refractivity contribution in [1.29, 1.82) is 0 Å². The second kappa shape index (κ2) is 6.33. The van der Waals surface area contributed by atoms with E-state index >= 15 is 0 Å². The highest BCUT2D eigenvalue weighted by Gasteiger charge is 2.16. The molecule has 3 aromatic rings. The van der Waals surface area contributed by atoms with Crippen molar-refractivity contribution in [1.82, 2.24) is 10.2 Å². The first-order valence-corrected chi connectivity index (χ1v) is 6.98. The minimum absolute atomic E-state index is 0.0683. The number of aromatic nitrogens is 2. The molecule has 1 aromatic heterocycles. The summed E-state index contributed by atoms with van der Waals surface area (Å²) in [5.41, 5.74) is 1.74. The Morgan fingerprint density at radius 3 is 2.58 bits per heavy atom. The Balaban J connectivity index is 1.86. The van der Waals surface area contributed by atoms with Crippen molar-refractivity contribution in [3.8, 4) is 11.3 Å². The van der Waals surface area contributed by atoms with Gasteiger partial charge >= 0.3 is 5.97 Å². The van der Waals surface area contributed by atoms with E-state index in [-0.39, 0.29) is 16.9 Å². The predicted octanol–water partition coefficient (Wildman–Crippen LogP) is 3.17. The van der Waals surface area contributed by atoms with Gasteiger partial charge in [0, 0.05) is 11.3 Å². The lowest BCUT2D eigenvalue weighted by Crippen LogP contribution is -2.12. The number of nitrogens with zero attached hydrogens (tertiary/aromatic N) is 1. The first-order chi connectivity index (χ1) is 11.5. The number of aromatic amines is 1. The number of anilines is 1. The summed E-state index contributed by atoms with van der Waals surface area (Å²) in [7, 11) is 0. The molecule has 0 aliphatic heterocycles. The third-order valence-electron chi connectivity index (χ3n) is 3.38. The predicted molar refractivity (Wildman–Crippen MR) is 85.3 cm³/mol. The van der Waals surface area contributed by atoms with Gasteiger partial charge in [0.05, 0.1) is 23.0 Å². The highest BCUT2D eigenvalue weighted by Crippen LogP contribution is 2.22. The van der Waals surface area contributed by atoms with E-state index in [2.05, 4.69) is 15.5 Å². The summed E-state index contributed by atoms with van der Waals surface area (Å²) in [6.45, 7) is 0. The van der Waals surface area contributed by atoms with Crippen molar-refractivity contribution in [2.24, 2.45) is 0 Å². The third kappa shape index (κ3) is 3.14. The first-order valence-electron chi connectivity index (χ1n) is 6.98. The molecule has 0 radical (unpaired) electrons. The van der Waals surface area contributed by atoms with Crippen LogP contribution in [-0.2, 0) is 0 Å². The van der Waals surface area contributed by atoms with Crippen LogP contribution >= 0.6 is 0 Å². The summed E-state index contributed by atoms with van der Waals surface area (Å²) in [6.07, 6.45) is 1.36. The van der Waals surface area contributed by atoms with Crippen LogP contribution in [-0.4, -0.2) is 27.2 Å². The molecule has 0 aliphatic rings. The van der Waals surface area contributed by atoms with E-state index in [1.54, 1.807) is 6.07 Å². The van der Waals surface area contributed by atoms with Crippen LogP contribution in [0, 0.1) is 5.82 Å².